The van der Waals surface area contributed by atoms with Gasteiger partial charge in [-0.3, -0.25) is 9.59 Å². The minimum absolute atomic E-state index is 0.00780. The van der Waals surface area contributed by atoms with Crippen LogP contribution in [-0.4, -0.2) is 31.6 Å². The molecule has 2 rings (SSSR count). The Labute approximate surface area is 124 Å². The van der Waals surface area contributed by atoms with Crippen LogP contribution in [0.4, 0.5) is 5.69 Å². The zero-order chi connectivity index (χ0) is 15.4. The predicted molar refractivity (Wildman–Crippen MR) is 79.5 cm³/mol. The molecule has 0 radical (unpaired) electrons. The number of amides is 1. The third-order valence-electron chi connectivity index (χ3n) is 3.54. The number of aryl methyl sites for hydroxylation is 1. The van der Waals surface area contributed by atoms with E-state index >= 15 is 0 Å². The zero-order valence-electron chi connectivity index (χ0n) is 12.7. The normalized spacial score (nSPS) is 16.9. The lowest BCUT2D eigenvalue weighted by Gasteiger charge is -2.33. The van der Waals surface area contributed by atoms with Crippen LogP contribution < -0.4 is 9.64 Å². The Kier molecular flexibility index (Phi) is 4.83. The van der Waals surface area contributed by atoms with E-state index in [-0.39, 0.29) is 18.0 Å². The van der Waals surface area contributed by atoms with Crippen LogP contribution >= 0.6 is 0 Å². The third kappa shape index (κ3) is 3.74. The maximum absolute atomic E-state index is 11.8. The molecule has 0 spiro atoms. The summed E-state index contributed by atoms with van der Waals surface area (Å²) in [6.07, 6.45) is 1.89. The molecule has 1 amide bonds. The average molecular weight is 291 g/mol. The van der Waals surface area contributed by atoms with Crippen molar-refractivity contribution in [3.63, 3.8) is 0 Å². The summed E-state index contributed by atoms with van der Waals surface area (Å²) in [7, 11) is 1.39. The van der Waals surface area contributed by atoms with Gasteiger partial charge in [0.15, 0.2) is 0 Å². The molecule has 5 heteroatoms. The van der Waals surface area contributed by atoms with Crippen molar-refractivity contribution in [2.24, 2.45) is 0 Å². The van der Waals surface area contributed by atoms with Gasteiger partial charge in [0.1, 0.15) is 11.9 Å². The van der Waals surface area contributed by atoms with Gasteiger partial charge in [-0.2, -0.15) is 0 Å². The van der Waals surface area contributed by atoms with Crippen molar-refractivity contribution < 1.29 is 19.1 Å². The fourth-order valence-corrected chi connectivity index (χ4v) is 2.48. The van der Waals surface area contributed by atoms with Crippen molar-refractivity contribution in [3.8, 4) is 5.75 Å². The second kappa shape index (κ2) is 6.61. The van der Waals surface area contributed by atoms with Gasteiger partial charge in [-0.1, -0.05) is 6.07 Å². The van der Waals surface area contributed by atoms with Gasteiger partial charge in [0.2, 0.25) is 5.91 Å². The van der Waals surface area contributed by atoms with Crippen LogP contribution in [0, 0.1) is 0 Å². The molecule has 1 aliphatic rings. The summed E-state index contributed by atoms with van der Waals surface area (Å²) in [5.74, 6) is 0.550. The maximum atomic E-state index is 11.8. The Hall–Kier alpha value is -2.04. The number of carbonyl (C=O) groups is 2. The van der Waals surface area contributed by atoms with Crippen molar-refractivity contribution >= 4 is 17.6 Å². The predicted octanol–water partition coefficient (Wildman–Crippen LogP) is 2.32. The second-order valence-electron chi connectivity index (χ2n) is 5.29. The van der Waals surface area contributed by atoms with E-state index < -0.39 is 0 Å². The lowest BCUT2D eigenvalue weighted by atomic mass is 10.1. The molecule has 1 aliphatic heterocycles. The molecule has 1 unspecified atom stereocenters. The largest absolute Gasteiger partial charge is 0.487 e. The number of hydrogen-bond donors (Lipinski definition) is 0. The summed E-state index contributed by atoms with van der Waals surface area (Å²) in [5.41, 5.74) is 1.90. The molecule has 0 saturated carbocycles. The smallest absolute Gasteiger partial charge is 0.305 e. The van der Waals surface area contributed by atoms with Crippen LogP contribution in [0.5, 0.6) is 5.75 Å². The number of benzene rings is 1. The van der Waals surface area contributed by atoms with E-state index in [4.69, 9.17) is 4.74 Å². The molecule has 0 bridgehead atoms. The molecule has 5 nitrogen and oxygen atoms in total. The highest BCUT2D eigenvalue weighted by molar-refractivity contribution is 5.93. The summed E-state index contributed by atoms with van der Waals surface area (Å²) in [4.78, 5) is 24.6. The number of carbonyl (C=O) groups excluding carboxylic acids is 2. The van der Waals surface area contributed by atoms with Gasteiger partial charge < -0.3 is 14.4 Å². The van der Waals surface area contributed by atoms with Gasteiger partial charge in [-0.25, -0.2) is 0 Å². The molecule has 0 fully saturated rings. The van der Waals surface area contributed by atoms with Gasteiger partial charge in [0, 0.05) is 13.3 Å². The SMILES string of the molecule is COC(=O)CCCc1ccc2c(c1)N(C(C)=O)CC(C)O2. The molecule has 1 atom stereocenters. The molecule has 0 saturated heterocycles. The lowest BCUT2D eigenvalue weighted by Crippen LogP contribution is -2.41. The van der Waals surface area contributed by atoms with Crippen LogP contribution in [-0.2, 0) is 20.7 Å². The summed E-state index contributed by atoms with van der Waals surface area (Å²) in [5, 5.41) is 0. The Morgan fingerprint density at radius 1 is 1.43 bits per heavy atom. The van der Waals surface area contributed by atoms with Crippen molar-refractivity contribution in [1.29, 1.82) is 0 Å². The number of methoxy groups -OCH3 is 1. The van der Waals surface area contributed by atoms with Gasteiger partial charge in [0.25, 0.3) is 0 Å². The molecule has 1 heterocycles. The van der Waals surface area contributed by atoms with E-state index in [1.807, 2.05) is 25.1 Å². The van der Waals surface area contributed by atoms with Crippen LogP contribution in [0.1, 0.15) is 32.3 Å². The molecule has 0 aliphatic carbocycles. The first-order valence-corrected chi connectivity index (χ1v) is 7.15. The minimum Gasteiger partial charge on any atom is -0.487 e. The van der Waals surface area contributed by atoms with E-state index in [0.717, 1.165) is 29.8 Å². The summed E-state index contributed by atoms with van der Waals surface area (Å²) < 4.78 is 10.4. The Morgan fingerprint density at radius 2 is 2.19 bits per heavy atom. The van der Waals surface area contributed by atoms with Gasteiger partial charge >= 0.3 is 5.97 Å². The molecule has 1 aromatic rings. The number of fused-ring (bicyclic) bond motifs is 1. The quantitative estimate of drug-likeness (QED) is 0.799. The number of anilines is 1. The van der Waals surface area contributed by atoms with Crippen molar-refractivity contribution in [1.82, 2.24) is 0 Å². The lowest BCUT2D eigenvalue weighted by molar-refractivity contribution is -0.140. The molecule has 0 aromatic heterocycles. The third-order valence-corrected chi connectivity index (χ3v) is 3.54. The van der Waals surface area contributed by atoms with Crippen molar-refractivity contribution in [2.75, 3.05) is 18.6 Å². The van der Waals surface area contributed by atoms with E-state index in [1.54, 1.807) is 11.8 Å². The van der Waals surface area contributed by atoms with E-state index in [0.29, 0.717) is 13.0 Å². The second-order valence-corrected chi connectivity index (χ2v) is 5.29. The summed E-state index contributed by atoms with van der Waals surface area (Å²) in [6.45, 7) is 4.07. The minimum atomic E-state index is -0.199. The molecule has 21 heavy (non-hydrogen) atoms. The highest BCUT2D eigenvalue weighted by Crippen LogP contribution is 2.34. The first-order chi connectivity index (χ1) is 10.0. The van der Waals surface area contributed by atoms with E-state index in [1.165, 1.54) is 7.11 Å². The molecular formula is C16H21NO4. The summed E-state index contributed by atoms with van der Waals surface area (Å²) >= 11 is 0. The number of hydrogen-bond acceptors (Lipinski definition) is 4. The molecule has 0 N–H and O–H groups in total. The van der Waals surface area contributed by atoms with Crippen molar-refractivity contribution in [3.05, 3.63) is 23.8 Å². The number of ether oxygens (including phenoxy) is 2. The van der Waals surface area contributed by atoms with Crippen LogP contribution in [0.2, 0.25) is 0 Å². The highest BCUT2D eigenvalue weighted by atomic mass is 16.5. The Bertz CT molecular complexity index is 541. The highest BCUT2D eigenvalue weighted by Gasteiger charge is 2.25. The van der Waals surface area contributed by atoms with Crippen molar-refractivity contribution in [2.45, 2.75) is 39.2 Å². The standard InChI is InChI=1S/C16H21NO4/c1-11-10-17(12(2)18)14-9-13(7-8-15(14)21-11)5-4-6-16(19)20-3/h7-9,11H,4-6,10H2,1-3H3. The fraction of sp³-hybridized carbons (Fsp3) is 0.500. The number of rotatable bonds is 4. The average Bonchev–Trinajstić information content (AvgIpc) is 2.46. The van der Waals surface area contributed by atoms with Crippen LogP contribution in [0.15, 0.2) is 18.2 Å². The first kappa shape index (κ1) is 15.4. The molecular weight excluding hydrogens is 270 g/mol. The summed E-state index contributed by atoms with van der Waals surface area (Å²) in [6, 6.07) is 5.85. The van der Waals surface area contributed by atoms with Crippen LogP contribution in [0.25, 0.3) is 0 Å². The zero-order valence-corrected chi connectivity index (χ0v) is 12.7. The van der Waals surface area contributed by atoms with E-state index in [9.17, 15) is 9.59 Å². The molecule has 1 aromatic carbocycles. The number of esters is 1. The Morgan fingerprint density at radius 3 is 2.86 bits per heavy atom. The van der Waals surface area contributed by atoms with Crippen LogP contribution in [0.3, 0.4) is 0 Å². The molecule has 114 valence electrons. The first-order valence-electron chi connectivity index (χ1n) is 7.15. The monoisotopic (exact) mass is 291 g/mol. The number of nitrogens with zero attached hydrogens (tertiary/aromatic N) is 1. The maximum Gasteiger partial charge on any atom is 0.305 e. The fourth-order valence-electron chi connectivity index (χ4n) is 2.48. The van der Waals surface area contributed by atoms with Gasteiger partial charge in [-0.05, 0) is 37.5 Å². The van der Waals surface area contributed by atoms with E-state index in [2.05, 4.69) is 4.74 Å². The Balaban J connectivity index is 2.11. The van der Waals surface area contributed by atoms with Gasteiger partial charge in [0.05, 0.1) is 19.3 Å². The van der Waals surface area contributed by atoms with Gasteiger partial charge in [-0.15, -0.1) is 0 Å². The topological polar surface area (TPSA) is 55.8 Å².